The monoisotopic (exact) mass is 332 g/mol. The highest BCUT2D eigenvalue weighted by atomic mass is 19.1. The molecule has 0 bridgehead atoms. The molecule has 0 spiro atoms. The number of anilines is 2. The summed E-state index contributed by atoms with van der Waals surface area (Å²) in [6.45, 7) is 3.67. The van der Waals surface area contributed by atoms with Crippen molar-refractivity contribution in [2.45, 2.75) is 6.61 Å². The molecule has 2 aromatic rings. The number of aromatic nitrogens is 2. The van der Waals surface area contributed by atoms with E-state index in [0.717, 1.165) is 37.7 Å². The first-order chi connectivity index (χ1) is 11.7. The number of methoxy groups -OCH3 is 2. The summed E-state index contributed by atoms with van der Waals surface area (Å²) in [5.74, 6) is 1.86. The standard InChI is InChI=1S/C17H21FN4O2/c1-23-12-16-19-6-5-17(20-16)22-9-7-21(8-10-22)14-4-3-13(18)11-15(14)24-2/h3-6,11H,7-10,12H2,1-2H3. The topological polar surface area (TPSA) is 50.7 Å². The third kappa shape index (κ3) is 3.56. The fourth-order valence-electron chi connectivity index (χ4n) is 2.85. The first-order valence-corrected chi connectivity index (χ1v) is 7.85. The van der Waals surface area contributed by atoms with Crippen molar-refractivity contribution in [3.63, 3.8) is 0 Å². The van der Waals surface area contributed by atoms with Crippen LogP contribution < -0.4 is 14.5 Å². The van der Waals surface area contributed by atoms with Crippen molar-refractivity contribution in [1.82, 2.24) is 9.97 Å². The summed E-state index contributed by atoms with van der Waals surface area (Å²) >= 11 is 0. The van der Waals surface area contributed by atoms with E-state index < -0.39 is 0 Å². The fraction of sp³-hybridized carbons (Fsp3) is 0.412. The average molecular weight is 332 g/mol. The van der Waals surface area contributed by atoms with E-state index in [4.69, 9.17) is 9.47 Å². The van der Waals surface area contributed by atoms with Crippen LogP contribution in [-0.4, -0.2) is 50.4 Å². The van der Waals surface area contributed by atoms with Crippen LogP contribution in [0.4, 0.5) is 15.9 Å². The lowest BCUT2D eigenvalue weighted by Crippen LogP contribution is -2.47. The highest BCUT2D eigenvalue weighted by Gasteiger charge is 2.21. The van der Waals surface area contributed by atoms with Gasteiger partial charge in [0, 0.05) is 45.6 Å². The number of nitrogens with zero attached hydrogens (tertiary/aromatic N) is 4. The van der Waals surface area contributed by atoms with E-state index in [1.54, 1.807) is 26.5 Å². The molecular formula is C17H21FN4O2. The number of rotatable bonds is 5. The summed E-state index contributed by atoms with van der Waals surface area (Å²) in [7, 11) is 3.19. The second kappa shape index (κ2) is 7.44. The molecule has 1 saturated heterocycles. The minimum atomic E-state index is -0.291. The minimum Gasteiger partial charge on any atom is -0.494 e. The number of hydrogen-bond acceptors (Lipinski definition) is 6. The molecule has 1 aromatic heterocycles. The lowest BCUT2D eigenvalue weighted by molar-refractivity contribution is 0.178. The average Bonchev–Trinajstić information content (AvgIpc) is 2.62. The maximum atomic E-state index is 13.4. The van der Waals surface area contributed by atoms with E-state index in [-0.39, 0.29) is 5.82 Å². The molecule has 0 N–H and O–H groups in total. The van der Waals surface area contributed by atoms with Crippen LogP contribution in [-0.2, 0) is 11.3 Å². The van der Waals surface area contributed by atoms with Crippen LogP contribution in [0.25, 0.3) is 0 Å². The van der Waals surface area contributed by atoms with E-state index >= 15 is 0 Å². The third-order valence-corrected chi connectivity index (χ3v) is 4.05. The Morgan fingerprint density at radius 3 is 2.54 bits per heavy atom. The van der Waals surface area contributed by atoms with Crippen molar-refractivity contribution in [2.24, 2.45) is 0 Å². The summed E-state index contributed by atoms with van der Waals surface area (Å²) in [6, 6.07) is 6.56. The Kier molecular flexibility index (Phi) is 5.10. The first-order valence-electron chi connectivity index (χ1n) is 7.85. The number of halogens is 1. The zero-order valence-electron chi connectivity index (χ0n) is 13.9. The van der Waals surface area contributed by atoms with Gasteiger partial charge in [-0.05, 0) is 18.2 Å². The lowest BCUT2D eigenvalue weighted by Gasteiger charge is -2.37. The van der Waals surface area contributed by atoms with E-state index in [1.165, 1.54) is 12.1 Å². The Bertz CT molecular complexity index is 690. The lowest BCUT2D eigenvalue weighted by atomic mass is 10.2. The summed E-state index contributed by atoms with van der Waals surface area (Å²) in [5.41, 5.74) is 0.918. The molecule has 1 fully saturated rings. The predicted octanol–water partition coefficient (Wildman–Crippen LogP) is 2.10. The molecule has 0 unspecified atom stereocenters. The van der Waals surface area contributed by atoms with E-state index in [2.05, 4.69) is 19.8 Å². The van der Waals surface area contributed by atoms with Gasteiger partial charge in [-0.25, -0.2) is 14.4 Å². The molecule has 128 valence electrons. The molecule has 24 heavy (non-hydrogen) atoms. The van der Waals surface area contributed by atoms with Crippen LogP contribution in [0.2, 0.25) is 0 Å². The summed E-state index contributed by atoms with van der Waals surface area (Å²) in [4.78, 5) is 13.1. The second-order valence-electron chi connectivity index (χ2n) is 5.55. The SMILES string of the molecule is COCc1nccc(N2CCN(c3ccc(F)cc3OC)CC2)n1. The van der Waals surface area contributed by atoms with Gasteiger partial charge in [0.2, 0.25) is 0 Å². The molecule has 6 nitrogen and oxygen atoms in total. The Balaban J connectivity index is 1.69. The number of benzene rings is 1. The van der Waals surface area contributed by atoms with Gasteiger partial charge >= 0.3 is 0 Å². The van der Waals surface area contributed by atoms with Gasteiger partial charge < -0.3 is 19.3 Å². The van der Waals surface area contributed by atoms with Gasteiger partial charge in [0.1, 0.15) is 24.0 Å². The number of ether oxygens (including phenoxy) is 2. The highest BCUT2D eigenvalue weighted by molar-refractivity contribution is 5.59. The second-order valence-corrected chi connectivity index (χ2v) is 5.55. The van der Waals surface area contributed by atoms with Crippen molar-refractivity contribution < 1.29 is 13.9 Å². The van der Waals surface area contributed by atoms with E-state index in [0.29, 0.717) is 18.2 Å². The molecule has 1 aliphatic rings. The van der Waals surface area contributed by atoms with Crippen LogP contribution >= 0.6 is 0 Å². The summed E-state index contributed by atoms with van der Waals surface area (Å²) < 4.78 is 23.7. The Hall–Kier alpha value is -2.41. The molecule has 0 amide bonds. The van der Waals surface area contributed by atoms with Crippen molar-refractivity contribution in [2.75, 3.05) is 50.2 Å². The maximum Gasteiger partial charge on any atom is 0.156 e. The number of piperazine rings is 1. The first kappa shape index (κ1) is 16.4. The van der Waals surface area contributed by atoms with Crippen molar-refractivity contribution >= 4 is 11.5 Å². The maximum absolute atomic E-state index is 13.4. The van der Waals surface area contributed by atoms with Crippen LogP contribution in [0.1, 0.15) is 5.82 Å². The summed E-state index contributed by atoms with van der Waals surface area (Å²) in [6.07, 6.45) is 1.76. The third-order valence-electron chi connectivity index (χ3n) is 4.05. The molecule has 3 rings (SSSR count). The smallest absolute Gasteiger partial charge is 0.156 e. The van der Waals surface area contributed by atoms with Gasteiger partial charge in [-0.1, -0.05) is 0 Å². The van der Waals surface area contributed by atoms with Crippen LogP contribution in [0.3, 0.4) is 0 Å². The largest absolute Gasteiger partial charge is 0.494 e. The molecule has 0 aliphatic carbocycles. The molecule has 7 heteroatoms. The van der Waals surface area contributed by atoms with E-state index in [1.807, 2.05) is 6.07 Å². The normalized spacial score (nSPS) is 14.8. The van der Waals surface area contributed by atoms with Crippen molar-refractivity contribution in [3.05, 3.63) is 42.1 Å². The van der Waals surface area contributed by atoms with E-state index in [9.17, 15) is 4.39 Å². The Morgan fingerprint density at radius 2 is 1.83 bits per heavy atom. The van der Waals surface area contributed by atoms with Crippen LogP contribution in [0, 0.1) is 5.82 Å². The zero-order chi connectivity index (χ0) is 16.9. The highest BCUT2D eigenvalue weighted by Crippen LogP contribution is 2.30. The van der Waals surface area contributed by atoms with Crippen LogP contribution in [0.5, 0.6) is 5.75 Å². The minimum absolute atomic E-state index is 0.291. The van der Waals surface area contributed by atoms with Gasteiger partial charge in [0.05, 0.1) is 12.8 Å². The molecule has 0 atom stereocenters. The van der Waals surface area contributed by atoms with Crippen molar-refractivity contribution in [1.29, 1.82) is 0 Å². The molecule has 0 radical (unpaired) electrons. The van der Waals surface area contributed by atoms with Gasteiger partial charge in [-0.3, -0.25) is 0 Å². The summed E-state index contributed by atoms with van der Waals surface area (Å²) in [5, 5.41) is 0. The zero-order valence-corrected chi connectivity index (χ0v) is 13.9. The van der Waals surface area contributed by atoms with Gasteiger partial charge in [0.25, 0.3) is 0 Å². The Morgan fingerprint density at radius 1 is 1.08 bits per heavy atom. The fourth-order valence-corrected chi connectivity index (χ4v) is 2.85. The van der Waals surface area contributed by atoms with Crippen LogP contribution in [0.15, 0.2) is 30.5 Å². The quantitative estimate of drug-likeness (QED) is 0.836. The number of hydrogen-bond donors (Lipinski definition) is 0. The van der Waals surface area contributed by atoms with Gasteiger partial charge in [-0.2, -0.15) is 0 Å². The molecule has 2 heterocycles. The molecule has 1 aliphatic heterocycles. The molecule has 0 saturated carbocycles. The Labute approximate surface area is 140 Å². The molecule has 1 aromatic carbocycles. The predicted molar refractivity (Wildman–Crippen MR) is 90.1 cm³/mol. The molecular weight excluding hydrogens is 311 g/mol. The van der Waals surface area contributed by atoms with Crippen molar-refractivity contribution in [3.8, 4) is 5.75 Å². The van der Waals surface area contributed by atoms with Gasteiger partial charge in [-0.15, -0.1) is 0 Å². The van der Waals surface area contributed by atoms with Gasteiger partial charge in [0.15, 0.2) is 5.82 Å².